The molecule has 104 valence electrons. The number of rotatable bonds is 6. The van der Waals surface area contributed by atoms with E-state index in [0.717, 1.165) is 5.56 Å². The molecule has 1 atom stereocenters. The Morgan fingerprint density at radius 1 is 1.47 bits per heavy atom. The van der Waals surface area contributed by atoms with Crippen LogP contribution in [0.4, 0.5) is 5.69 Å². The zero-order valence-corrected chi connectivity index (χ0v) is 11.7. The highest BCUT2D eigenvalue weighted by Gasteiger charge is 2.17. The number of nitrogens with one attached hydrogen (secondary N) is 1. The van der Waals surface area contributed by atoms with Gasteiger partial charge in [0.05, 0.1) is 18.9 Å². The lowest BCUT2D eigenvalue weighted by atomic mass is 10.2. The number of hydrogen-bond donors (Lipinski definition) is 2. The summed E-state index contributed by atoms with van der Waals surface area (Å²) in [6.07, 6.45) is -0.137. The Hall–Kier alpha value is -1.59. The number of carbonyl (C=O) groups excluding carboxylic acids is 2. The average molecular weight is 285 g/mol. The average Bonchev–Trinajstić information content (AvgIpc) is 2.33. The smallest absolute Gasteiger partial charge is 0.230 e. The minimum atomic E-state index is -1.24. The largest absolute Gasteiger partial charge is 0.544 e. The van der Waals surface area contributed by atoms with Crippen molar-refractivity contribution in [2.45, 2.75) is 26.3 Å². The summed E-state index contributed by atoms with van der Waals surface area (Å²) in [6, 6.07) is 4.26. The van der Waals surface area contributed by atoms with Gasteiger partial charge in [-0.25, -0.2) is 0 Å². The van der Waals surface area contributed by atoms with Crippen molar-refractivity contribution in [2.75, 3.05) is 11.9 Å². The van der Waals surface area contributed by atoms with E-state index in [9.17, 15) is 14.7 Å². The van der Waals surface area contributed by atoms with Gasteiger partial charge in [-0.1, -0.05) is 17.7 Å². The summed E-state index contributed by atoms with van der Waals surface area (Å²) in [4.78, 5) is 22.6. The Bertz CT molecular complexity index is 477. The number of likely N-dealkylation sites (N-methyl/N-ethyl adjacent to an activating group) is 1. The van der Waals surface area contributed by atoms with Crippen molar-refractivity contribution in [1.29, 1.82) is 0 Å². The van der Waals surface area contributed by atoms with Crippen molar-refractivity contribution in [1.82, 2.24) is 0 Å². The molecule has 0 fully saturated rings. The number of quaternary nitrogens is 1. The number of benzene rings is 1. The second-order valence-electron chi connectivity index (χ2n) is 4.29. The topological polar surface area (TPSA) is 85.8 Å². The first-order valence-corrected chi connectivity index (χ1v) is 6.42. The number of halogens is 1. The number of carboxylic acids is 1. The highest BCUT2D eigenvalue weighted by atomic mass is 35.5. The standard InChI is InChI=1S/C13H17ClN2O3/c1-3-15-11(13(18)19)7-12(17)16-9-5-4-8(2)10(14)6-9/h4-6,11,15H,3,7H2,1-2H3,(H,16,17)(H,18,19)/t11-/m1/s1. The Labute approximate surface area is 117 Å². The van der Waals surface area contributed by atoms with Gasteiger partial charge in [0.1, 0.15) is 6.04 Å². The van der Waals surface area contributed by atoms with Gasteiger partial charge in [0.2, 0.25) is 5.91 Å². The lowest BCUT2D eigenvalue weighted by Gasteiger charge is -2.15. The van der Waals surface area contributed by atoms with E-state index in [4.69, 9.17) is 11.6 Å². The summed E-state index contributed by atoms with van der Waals surface area (Å²) in [6.45, 7) is 4.24. The first kappa shape index (κ1) is 15.5. The molecule has 5 nitrogen and oxygen atoms in total. The highest BCUT2D eigenvalue weighted by Crippen LogP contribution is 2.19. The van der Waals surface area contributed by atoms with Crippen LogP contribution < -0.4 is 15.7 Å². The lowest BCUT2D eigenvalue weighted by molar-refractivity contribution is -0.679. The summed E-state index contributed by atoms with van der Waals surface area (Å²) in [5.41, 5.74) is 1.46. The van der Waals surface area contributed by atoms with Gasteiger partial charge in [-0.05, 0) is 31.5 Å². The first-order valence-electron chi connectivity index (χ1n) is 6.04. The third-order valence-corrected chi connectivity index (χ3v) is 3.09. The Morgan fingerprint density at radius 3 is 2.68 bits per heavy atom. The van der Waals surface area contributed by atoms with Crippen LogP contribution in [-0.4, -0.2) is 24.5 Å². The van der Waals surface area contributed by atoms with E-state index in [-0.39, 0.29) is 12.3 Å². The van der Waals surface area contributed by atoms with Crippen molar-refractivity contribution in [3.63, 3.8) is 0 Å². The minimum absolute atomic E-state index is 0.137. The van der Waals surface area contributed by atoms with E-state index >= 15 is 0 Å². The number of carbonyl (C=O) groups is 2. The molecule has 1 rings (SSSR count). The van der Waals surface area contributed by atoms with Crippen LogP contribution in [0.15, 0.2) is 18.2 Å². The maximum Gasteiger partial charge on any atom is 0.230 e. The van der Waals surface area contributed by atoms with E-state index in [1.165, 1.54) is 0 Å². The maximum atomic E-state index is 11.7. The van der Waals surface area contributed by atoms with E-state index in [1.807, 2.05) is 13.8 Å². The van der Waals surface area contributed by atoms with Gasteiger partial charge in [0.25, 0.3) is 0 Å². The fourth-order valence-corrected chi connectivity index (χ4v) is 1.81. The van der Waals surface area contributed by atoms with Crippen LogP contribution in [0.3, 0.4) is 0 Å². The van der Waals surface area contributed by atoms with Crippen LogP contribution in [0.1, 0.15) is 18.9 Å². The zero-order valence-electron chi connectivity index (χ0n) is 10.9. The van der Waals surface area contributed by atoms with E-state index in [2.05, 4.69) is 5.32 Å². The monoisotopic (exact) mass is 284 g/mol. The molecule has 0 heterocycles. The molecule has 0 spiro atoms. The van der Waals surface area contributed by atoms with Crippen molar-refractivity contribution in [3.8, 4) is 0 Å². The summed E-state index contributed by atoms with van der Waals surface area (Å²) in [5, 5.41) is 15.6. The third kappa shape index (κ3) is 4.89. The van der Waals surface area contributed by atoms with Gasteiger partial charge >= 0.3 is 0 Å². The van der Waals surface area contributed by atoms with E-state index in [1.54, 1.807) is 23.5 Å². The highest BCUT2D eigenvalue weighted by molar-refractivity contribution is 6.31. The second-order valence-corrected chi connectivity index (χ2v) is 4.69. The molecule has 0 aliphatic rings. The number of anilines is 1. The fraction of sp³-hybridized carbons (Fsp3) is 0.385. The van der Waals surface area contributed by atoms with Crippen LogP contribution in [0.5, 0.6) is 0 Å². The quantitative estimate of drug-likeness (QED) is 0.751. The molecular formula is C13H17ClN2O3. The number of aliphatic carboxylic acids is 1. The summed E-state index contributed by atoms with van der Waals surface area (Å²) >= 11 is 5.94. The molecule has 0 saturated carbocycles. The molecule has 19 heavy (non-hydrogen) atoms. The number of hydrogen-bond acceptors (Lipinski definition) is 3. The van der Waals surface area contributed by atoms with Gasteiger partial charge in [-0.2, -0.15) is 0 Å². The Kier molecular flexibility index (Phi) is 5.79. The Balaban J connectivity index is 2.63. The van der Waals surface area contributed by atoms with Gasteiger partial charge in [-0.3, -0.25) is 4.79 Å². The van der Waals surface area contributed by atoms with Crippen molar-refractivity contribution in [2.24, 2.45) is 0 Å². The molecule has 6 heteroatoms. The molecule has 1 amide bonds. The molecule has 0 radical (unpaired) electrons. The normalized spacial score (nSPS) is 11.9. The lowest BCUT2D eigenvalue weighted by Crippen LogP contribution is -2.93. The van der Waals surface area contributed by atoms with Crippen LogP contribution in [-0.2, 0) is 9.59 Å². The molecule has 1 aromatic rings. The van der Waals surface area contributed by atoms with Crippen LogP contribution >= 0.6 is 11.6 Å². The van der Waals surface area contributed by atoms with Crippen LogP contribution in [0.25, 0.3) is 0 Å². The van der Waals surface area contributed by atoms with Crippen LogP contribution in [0, 0.1) is 6.92 Å². The molecule has 0 aliphatic carbocycles. The number of carboxylic acid groups (broad SMARTS) is 1. The second kappa shape index (κ2) is 7.11. The van der Waals surface area contributed by atoms with Gasteiger partial charge in [0, 0.05) is 10.7 Å². The van der Waals surface area contributed by atoms with Gasteiger partial charge < -0.3 is 20.5 Å². The Morgan fingerprint density at radius 2 is 2.16 bits per heavy atom. The van der Waals surface area contributed by atoms with E-state index < -0.39 is 12.0 Å². The number of nitrogens with two attached hydrogens (primary N) is 1. The van der Waals surface area contributed by atoms with Crippen molar-refractivity contribution in [3.05, 3.63) is 28.8 Å². The number of aryl methyl sites for hydroxylation is 1. The molecule has 0 saturated heterocycles. The van der Waals surface area contributed by atoms with Crippen LogP contribution in [0.2, 0.25) is 5.02 Å². The molecule has 0 aromatic heterocycles. The maximum absolute atomic E-state index is 11.7. The van der Waals surface area contributed by atoms with E-state index in [0.29, 0.717) is 17.3 Å². The molecule has 3 N–H and O–H groups in total. The van der Waals surface area contributed by atoms with Crippen molar-refractivity contribution < 1.29 is 20.0 Å². The molecule has 0 aliphatic heterocycles. The summed E-state index contributed by atoms with van der Waals surface area (Å²) < 4.78 is 0. The molecule has 0 unspecified atom stereocenters. The summed E-state index contributed by atoms with van der Waals surface area (Å²) in [7, 11) is 0. The minimum Gasteiger partial charge on any atom is -0.544 e. The molecular weight excluding hydrogens is 268 g/mol. The summed E-state index contributed by atoms with van der Waals surface area (Å²) in [5.74, 6) is -1.61. The number of amides is 1. The first-order chi connectivity index (χ1) is 8.93. The fourth-order valence-electron chi connectivity index (χ4n) is 1.63. The van der Waals surface area contributed by atoms with Gasteiger partial charge in [0.15, 0.2) is 0 Å². The predicted molar refractivity (Wildman–Crippen MR) is 70.7 cm³/mol. The van der Waals surface area contributed by atoms with Gasteiger partial charge in [-0.15, -0.1) is 0 Å². The zero-order chi connectivity index (χ0) is 14.4. The molecule has 1 aromatic carbocycles. The van der Waals surface area contributed by atoms with Crippen molar-refractivity contribution >= 4 is 29.2 Å². The molecule has 0 bridgehead atoms. The SMILES string of the molecule is CC[NH2+][C@H](CC(=O)Nc1ccc(C)c(Cl)c1)C(=O)[O-]. The third-order valence-electron chi connectivity index (χ3n) is 2.68. The predicted octanol–water partition coefficient (Wildman–Crippen LogP) is -0.321.